The van der Waals surface area contributed by atoms with E-state index in [1.807, 2.05) is 12.1 Å². The molecule has 0 radical (unpaired) electrons. The van der Waals surface area contributed by atoms with Crippen molar-refractivity contribution in [3.63, 3.8) is 0 Å². The summed E-state index contributed by atoms with van der Waals surface area (Å²) in [6, 6.07) is 7.03. The van der Waals surface area contributed by atoms with Gasteiger partial charge in [0.25, 0.3) is 0 Å². The van der Waals surface area contributed by atoms with Gasteiger partial charge in [0.1, 0.15) is 5.75 Å². The van der Waals surface area contributed by atoms with Crippen molar-refractivity contribution in [1.29, 1.82) is 0 Å². The molecule has 0 aromatic heterocycles. The summed E-state index contributed by atoms with van der Waals surface area (Å²) in [4.78, 5) is 0. The van der Waals surface area contributed by atoms with Gasteiger partial charge in [0.15, 0.2) is 0 Å². The summed E-state index contributed by atoms with van der Waals surface area (Å²) >= 11 is 0. The number of nitrogens with two attached hydrogens (primary N) is 1. The van der Waals surface area contributed by atoms with Crippen molar-refractivity contribution in [1.82, 2.24) is 0 Å². The molecule has 3 nitrogen and oxygen atoms in total. The van der Waals surface area contributed by atoms with Crippen molar-refractivity contribution in [2.24, 2.45) is 5.73 Å². The maximum Gasteiger partial charge on any atom is 0.119 e. The third-order valence-corrected chi connectivity index (χ3v) is 2.97. The van der Waals surface area contributed by atoms with Gasteiger partial charge in [-0.2, -0.15) is 0 Å². The van der Waals surface area contributed by atoms with Crippen LogP contribution in [0.5, 0.6) is 5.75 Å². The highest BCUT2D eigenvalue weighted by Crippen LogP contribution is 2.26. The van der Waals surface area contributed by atoms with Crippen molar-refractivity contribution < 1.29 is 4.74 Å². The smallest absolute Gasteiger partial charge is 0.119 e. The number of benzene rings is 1. The zero-order chi connectivity index (χ0) is 10.8. The van der Waals surface area contributed by atoms with Crippen LogP contribution in [0.1, 0.15) is 18.4 Å². The average Bonchev–Trinajstić information content (AvgIpc) is 2.18. The normalized spacial score (nSPS) is 24.5. The first-order chi connectivity index (χ1) is 7.19. The Kier molecular flexibility index (Phi) is 2.82. The predicted molar refractivity (Wildman–Crippen MR) is 62.4 cm³/mol. The number of hydrogen-bond donors (Lipinski definition) is 2. The number of nitrogens with one attached hydrogen (secondary N) is 1. The first-order valence-electron chi connectivity index (χ1n) is 5.36. The van der Waals surface area contributed by atoms with Gasteiger partial charge in [-0.3, -0.25) is 0 Å². The molecule has 2 rings (SSSR count). The fourth-order valence-electron chi connectivity index (χ4n) is 1.92. The van der Waals surface area contributed by atoms with E-state index in [2.05, 4.69) is 18.3 Å². The van der Waals surface area contributed by atoms with Gasteiger partial charge in [-0.15, -0.1) is 0 Å². The number of hydrogen-bond acceptors (Lipinski definition) is 3. The molecule has 0 saturated heterocycles. The van der Waals surface area contributed by atoms with Crippen LogP contribution in [-0.4, -0.2) is 19.2 Å². The summed E-state index contributed by atoms with van der Waals surface area (Å²) < 4.78 is 5.16. The lowest BCUT2D eigenvalue weighted by molar-refractivity contribution is 0.373. The molecule has 1 fully saturated rings. The highest BCUT2D eigenvalue weighted by Gasteiger charge is 2.25. The molecular formula is C12H18N2O. The molecule has 1 aliphatic rings. The van der Waals surface area contributed by atoms with Crippen LogP contribution < -0.4 is 15.8 Å². The van der Waals surface area contributed by atoms with Crippen molar-refractivity contribution in [3.05, 3.63) is 23.8 Å². The number of rotatable bonds is 3. The van der Waals surface area contributed by atoms with Crippen molar-refractivity contribution >= 4 is 5.69 Å². The van der Waals surface area contributed by atoms with E-state index in [-0.39, 0.29) is 0 Å². The average molecular weight is 206 g/mol. The molecule has 1 aromatic carbocycles. The highest BCUT2D eigenvalue weighted by molar-refractivity contribution is 5.54. The van der Waals surface area contributed by atoms with Gasteiger partial charge in [-0.25, -0.2) is 0 Å². The fourth-order valence-corrected chi connectivity index (χ4v) is 1.92. The molecule has 0 atom stereocenters. The second kappa shape index (κ2) is 4.11. The van der Waals surface area contributed by atoms with E-state index >= 15 is 0 Å². The zero-order valence-corrected chi connectivity index (χ0v) is 9.29. The molecule has 3 N–H and O–H groups in total. The summed E-state index contributed by atoms with van der Waals surface area (Å²) in [5, 5.41) is 3.49. The minimum atomic E-state index is 0.390. The molecule has 0 unspecified atom stereocenters. The van der Waals surface area contributed by atoms with E-state index in [1.54, 1.807) is 7.11 Å². The number of methoxy groups -OCH3 is 1. The van der Waals surface area contributed by atoms with Crippen LogP contribution in [0.2, 0.25) is 0 Å². The molecule has 0 amide bonds. The molecule has 0 heterocycles. The van der Waals surface area contributed by atoms with Crippen LogP contribution in [0.15, 0.2) is 18.2 Å². The van der Waals surface area contributed by atoms with Gasteiger partial charge < -0.3 is 15.8 Å². The lowest BCUT2D eigenvalue weighted by Gasteiger charge is -2.34. The Morgan fingerprint density at radius 3 is 2.67 bits per heavy atom. The molecular weight excluding hydrogens is 188 g/mol. The molecule has 0 bridgehead atoms. The highest BCUT2D eigenvalue weighted by atomic mass is 16.5. The number of aryl methyl sites for hydroxylation is 1. The zero-order valence-electron chi connectivity index (χ0n) is 9.29. The monoisotopic (exact) mass is 206 g/mol. The summed E-state index contributed by atoms with van der Waals surface area (Å²) in [5.41, 5.74) is 8.15. The largest absolute Gasteiger partial charge is 0.497 e. The second-order valence-electron chi connectivity index (χ2n) is 4.25. The first-order valence-corrected chi connectivity index (χ1v) is 5.36. The molecule has 1 aromatic rings. The third kappa shape index (κ3) is 2.23. The van der Waals surface area contributed by atoms with Crippen LogP contribution in [-0.2, 0) is 0 Å². The minimum Gasteiger partial charge on any atom is -0.497 e. The molecule has 1 aliphatic carbocycles. The van der Waals surface area contributed by atoms with Crippen LogP contribution in [0.4, 0.5) is 5.69 Å². The van der Waals surface area contributed by atoms with Gasteiger partial charge in [0.05, 0.1) is 7.11 Å². The molecule has 0 aliphatic heterocycles. The minimum absolute atomic E-state index is 0.390. The van der Waals surface area contributed by atoms with Gasteiger partial charge in [-0.1, -0.05) is 0 Å². The van der Waals surface area contributed by atoms with Crippen molar-refractivity contribution in [2.45, 2.75) is 31.8 Å². The van der Waals surface area contributed by atoms with Gasteiger partial charge in [0.2, 0.25) is 0 Å². The SMILES string of the molecule is COc1ccc(NC2CC(N)C2)c(C)c1. The topological polar surface area (TPSA) is 47.3 Å². The quantitative estimate of drug-likeness (QED) is 0.794. The van der Waals surface area contributed by atoms with E-state index in [1.165, 1.54) is 11.3 Å². The molecule has 82 valence electrons. The Hall–Kier alpha value is -1.22. The van der Waals surface area contributed by atoms with Crippen LogP contribution in [0.3, 0.4) is 0 Å². The van der Waals surface area contributed by atoms with E-state index in [0.717, 1.165) is 18.6 Å². The van der Waals surface area contributed by atoms with Crippen LogP contribution in [0.25, 0.3) is 0 Å². The predicted octanol–water partition coefficient (Wildman–Crippen LogP) is 1.91. The van der Waals surface area contributed by atoms with Crippen molar-refractivity contribution in [2.75, 3.05) is 12.4 Å². The Morgan fingerprint density at radius 1 is 1.40 bits per heavy atom. The summed E-state index contributed by atoms with van der Waals surface area (Å²) in [5.74, 6) is 0.906. The van der Waals surface area contributed by atoms with E-state index < -0.39 is 0 Å². The summed E-state index contributed by atoms with van der Waals surface area (Å²) in [7, 11) is 1.69. The van der Waals surface area contributed by atoms with Gasteiger partial charge in [0, 0.05) is 17.8 Å². The van der Waals surface area contributed by atoms with Gasteiger partial charge in [-0.05, 0) is 43.5 Å². The Morgan fingerprint density at radius 2 is 2.13 bits per heavy atom. The summed E-state index contributed by atoms with van der Waals surface area (Å²) in [6.45, 7) is 2.09. The van der Waals surface area contributed by atoms with Crippen molar-refractivity contribution in [3.8, 4) is 5.75 Å². The molecule has 3 heteroatoms. The summed E-state index contributed by atoms with van der Waals surface area (Å²) in [6.07, 6.45) is 2.15. The van der Waals surface area contributed by atoms with Crippen LogP contribution in [0, 0.1) is 6.92 Å². The van der Waals surface area contributed by atoms with Gasteiger partial charge >= 0.3 is 0 Å². The number of ether oxygens (including phenoxy) is 1. The Balaban J connectivity index is 2.02. The maximum atomic E-state index is 5.75. The molecule has 15 heavy (non-hydrogen) atoms. The molecule has 1 saturated carbocycles. The van der Waals surface area contributed by atoms with E-state index in [0.29, 0.717) is 12.1 Å². The third-order valence-electron chi connectivity index (χ3n) is 2.97. The number of anilines is 1. The van der Waals surface area contributed by atoms with E-state index in [9.17, 15) is 0 Å². The Bertz CT molecular complexity index is 345. The lowest BCUT2D eigenvalue weighted by Crippen LogP contribution is -2.44. The first kappa shape index (κ1) is 10.3. The van der Waals surface area contributed by atoms with E-state index in [4.69, 9.17) is 10.5 Å². The molecule has 0 spiro atoms. The maximum absolute atomic E-state index is 5.75. The Labute approximate surface area is 90.6 Å². The standard InChI is InChI=1S/C12H18N2O/c1-8-5-11(15-2)3-4-12(8)14-10-6-9(13)7-10/h3-5,9-10,14H,6-7,13H2,1-2H3. The van der Waals surface area contributed by atoms with Crippen LogP contribution >= 0.6 is 0 Å². The lowest BCUT2D eigenvalue weighted by atomic mass is 9.87. The fraction of sp³-hybridized carbons (Fsp3) is 0.500. The second-order valence-corrected chi connectivity index (χ2v) is 4.25.